The van der Waals surface area contributed by atoms with E-state index in [0.717, 1.165) is 17.9 Å². The van der Waals surface area contributed by atoms with Gasteiger partial charge in [-0.25, -0.2) is 0 Å². The van der Waals surface area contributed by atoms with Crippen LogP contribution in [0.1, 0.15) is 23.0 Å². The second-order valence-electron chi connectivity index (χ2n) is 4.31. The van der Waals surface area contributed by atoms with E-state index >= 15 is 0 Å². The minimum Gasteiger partial charge on any atom is -0.385 e. The third-order valence-electron chi connectivity index (χ3n) is 2.94. The van der Waals surface area contributed by atoms with Gasteiger partial charge in [-0.05, 0) is 19.9 Å². The molecule has 1 aromatic rings. The fourth-order valence-corrected chi connectivity index (χ4v) is 2.00. The minimum absolute atomic E-state index is 0.0294. The van der Waals surface area contributed by atoms with E-state index in [0.29, 0.717) is 31.9 Å². The van der Waals surface area contributed by atoms with Crippen molar-refractivity contribution in [2.75, 3.05) is 38.2 Å². The lowest BCUT2D eigenvalue weighted by molar-refractivity contribution is 0.0303. The molecule has 1 N–H and O–H groups in total. The quantitative estimate of drug-likeness (QED) is 0.877. The Morgan fingerprint density at radius 3 is 2.89 bits per heavy atom. The number of nitrogens with zero attached hydrogens (tertiary/aromatic N) is 2. The summed E-state index contributed by atoms with van der Waals surface area (Å²) in [6.07, 6.45) is 1.66. The summed E-state index contributed by atoms with van der Waals surface area (Å²) in [6.45, 7) is 7.25. The summed E-state index contributed by atoms with van der Waals surface area (Å²) >= 11 is 0. The first-order chi connectivity index (χ1) is 8.72. The molecule has 98 valence electrons. The summed E-state index contributed by atoms with van der Waals surface area (Å²) in [5, 5.41) is 3.22. The topological polar surface area (TPSA) is 54.5 Å². The summed E-state index contributed by atoms with van der Waals surface area (Å²) in [5.74, 6) is 0.0294. The number of hydrogen-bond donors (Lipinski definition) is 1. The monoisotopic (exact) mass is 249 g/mol. The highest BCUT2D eigenvalue weighted by Gasteiger charge is 2.21. The molecule has 0 unspecified atom stereocenters. The fraction of sp³-hybridized carbons (Fsp3) is 0.538. The molecular formula is C13H19N3O2. The summed E-state index contributed by atoms with van der Waals surface area (Å²) in [6, 6.07) is 1.91. The van der Waals surface area contributed by atoms with Crippen LogP contribution in [0.4, 0.5) is 5.69 Å². The third-order valence-corrected chi connectivity index (χ3v) is 2.94. The SMILES string of the molecule is CCNc1cc(C)ncc1C(=O)N1CCOCC1. The van der Waals surface area contributed by atoms with Crippen molar-refractivity contribution in [2.24, 2.45) is 0 Å². The van der Waals surface area contributed by atoms with E-state index in [2.05, 4.69) is 10.3 Å². The zero-order valence-corrected chi connectivity index (χ0v) is 10.9. The Bertz CT molecular complexity index is 428. The highest BCUT2D eigenvalue weighted by molar-refractivity contribution is 5.99. The molecule has 1 aliphatic heterocycles. The number of rotatable bonds is 3. The molecule has 0 aliphatic carbocycles. The second-order valence-corrected chi connectivity index (χ2v) is 4.31. The van der Waals surface area contributed by atoms with Crippen LogP contribution in [-0.2, 0) is 4.74 Å². The normalized spacial score (nSPS) is 15.6. The zero-order chi connectivity index (χ0) is 13.0. The number of ether oxygens (including phenoxy) is 1. The summed E-state index contributed by atoms with van der Waals surface area (Å²) in [7, 11) is 0. The van der Waals surface area contributed by atoms with Gasteiger partial charge in [0, 0.05) is 31.5 Å². The lowest BCUT2D eigenvalue weighted by Gasteiger charge is -2.27. The van der Waals surface area contributed by atoms with E-state index < -0.39 is 0 Å². The van der Waals surface area contributed by atoms with Crippen LogP contribution in [0.2, 0.25) is 0 Å². The Labute approximate surface area is 107 Å². The maximum Gasteiger partial charge on any atom is 0.257 e. The molecule has 0 saturated carbocycles. The van der Waals surface area contributed by atoms with Crippen molar-refractivity contribution < 1.29 is 9.53 Å². The van der Waals surface area contributed by atoms with Gasteiger partial charge in [-0.1, -0.05) is 0 Å². The first-order valence-electron chi connectivity index (χ1n) is 6.30. The first-order valence-corrected chi connectivity index (χ1v) is 6.30. The molecule has 0 bridgehead atoms. The van der Waals surface area contributed by atoms with Gasteiger partial charge in [0.25, 0.3) is 5.91 Å². The predicted octanol–water partition coefficient (Wildman–Crippen LogP) is 1.29. The van der Waals surface area contributed by atoms with Crippen LogP contribution in [0.5, 0.6) is 0 Å². The highest BCUT2D eigenvalue weighted by atomic mass is 16.5. The van der Waals surface area contributed by atoms with Crippen molar-refractivity contribution in [3.63, 3.8) is 0 Å². The summed E-state index contributed by atoms with van der Waals surface area (Å²) in [5.41, 5.74) is 2.41. The number of morpholine rings is 1. The van der Waals surface area contributed by atoms with Gasteiger partial charge in [-0.3, -0.25) is 9.78 Å². The maximum atomic E-state index is 12.4. The Kier molecular flexibility index (Phi) is 4.15. The molecule has 5 nitrogen and oxygen atoms in total. The Morgan fingerprint density at radius 2 is 2.22 bits per heavy atom. The summed E-state index contributed by atoms with van der Waals surface area (Å²) < 4.78 is 5.26. The average Bonchev–Trinajstić information content (AvgIpc) is 2.40. The van der Waals surface area contributed by atoms with Gasteiger partial charge in [0.1, 0.15) is 0 Å². The van der Waals surface area contributed by atoms with Crippen molar-refractivity contribution >= 4 is 11.6 Å². The Morgan fingerprint density at radius 1 is 1.50 bits per heavy atom. The van der Waals surface area contributed by atoms with Crippen molar-refractivity contribution in [3.05, 3.63) is 23.5 Å². The van der Waals surface area contributed by atoms with E-state index in [4.69, 9.17) is 4.74 Å². The van der Waals surface area contributed by atoms with Gasteiger partial charge >= 0.3 is 0 Å². The molecule has 0 atom stereocenters. The molecule has 18 heavy (non-hydrogen) atoms. The molecule has 1 saturated heterocycles. The van der Waals surface area contributed by atoms with E-state index in [1.165, 1.54) is 0 Å². The van der Waals surface area contributed by atoms with E-state index in [-0.39, 0.29) is 5.91 Å². The van der Waals surface area contributed by atoms with Crippen molar-refractivity contribution in [2.45, 2.75) is 13.8 Å². The first kappa shape index (κ1) is 12.8. The standard InChI is InChI=1S/C13H19N3O2/c1-3-14-12-8-10(2)15-9-11(12)13(17)16-4-6-18-7-5-16/h8-9H,3-7H2,1-2H3,(H,14,15). The third kappa shape index (κ3) is 2.79. The zero-order valence-electron chi connectivity index (χ0n) is 10.9. The molecule has 1 aromatic heterocycles. The van der Waals surface area contributed by atoms with Crippen molar-refractivity contribution in [1.82, 2.24) is 9.88 Å². The fourth-order valence-electron chi connectivity index (χ4n) is 2.00. The molecule has 1 amide bonds. The van der Waals surface area contributed by atoms with Crippen molar-refractivity contribution in [3.8, 4) is 0 Å². The van der Waals surface area contributed by atoms with Crippen LogP contribution in [0.3, 0.4) is 0 Å². The van der Waals surface area contributed by atoms with Crippen LogP contribution in [0.15, 0.2) is 12.3 Å². The smallest absolute Gasteiger partial charge is 0.257 e. The Hall–Kier alpha value is -1.62. The molecule has 0 aromatic carbocycles. The molecule has 0 radical (unpaired) electrons. The lowest BCUT2D eigenvalue weighted by Crippen LogP contribution is -2.41. The van der Waals surface area contributed by atoms with Gasteiger partial charge in [0.05, 0.1) is 24.5 Å². The molecule has 0 spiro atoms. The lowest BCUT2D eigenvalue weighted by atomic mass is 10.1. The maximum absolute atomic E-state index is 12.4. The number of amides is 1. The molecule has 1 aliphatic rings. The second kappa shape index (κ2) is 5.82. The number of hydrogen-bond acceptors (Lipinski definition) is 4. The highest BCUT2D eigenvalue weighted by Crippen LogP contribution is 2.18. The molecule has 2 rings (SSSR count). The average molecular weight is 249 g/mol. The number of carbonyl (C=O) groups is 1. The van der Waals surface area contributed by atoms with Gasteiger partial charge < -0.3 is 15.0 Å². The van der Waals surface area contributed by atoms with Crippen LogP contribution in [0, 0.1) is 6.92 Å². The minimum atomic E-state index is 0.0294. The number of carbonyl (C=O) groups excluding carboxylic acids is 1. The van der Waals surface area contributed by atoms with Crippen LogP contribution in [-0.4, -0.2) is 48.6 Å². The summed E-state index contributed by atoms with van der Waals surface area (Å²) in [4.78, 5) is 18.4. The van der Waals surface area contributed by atoms with E-state index in [9.17, 15) is 4.79 Å². The number of anilines is 1. The largest absolute Gasteiger partial charge is 0.385 e. The van der Waals surface area contributed by atoms with Crippen LogP contribution in [0.25, 0.3) is 0 Å². The van der Waals surface area contributed by atoms with Gasteiger partial charge in [0.15, 0.2) is 0 Å². The number of pyridine rings is 1. The number of aromatic nitrogens is 1. The predicted molar refractivity (Wildman–Crippen MR) is 69.9 cm³/mol. The molecule has 1 fully saturated rings. The van der Waals surface area contributed by atoms with Crippen LogP contribution < -0.4 is 5.32 Å². The van der Waals surface area contributed by atoms with Gasteiger partial charge in [-0.2, -0.15) is 0 Å². The van der Waals surface area contributed by atoms with Crippen molar-refractivity contribution in [1.29, 1.82) is 0 Å². The van der Waals surface area contributed by atoms with Gasteiger partial charge in [0.2, 0.25) is 0 Å². The Balaban J connectivity index is 2.22. The number of aryl methyl sites for hydroxylation is 1. The molecular weight excluding hydrogens is 230 g/mol. The van der Waals surface area contributed by atoms with Gasteiger partial charge in [-0.15, -0.1) is 0 Å². The van der Waals surface area contributed by atoms with E-state index in [1.807, 2.05) is 24.8 Å². The molecule has 5 heteroatoms. The number of nitrogens with one attached hydrogen (secondary N) is 1. The van der Waals surface area contributed by atoms with E-state index in [1.54, 1.807) is 6.20 Å². The van der Waals surface area contributed by atoms with Crippen LogP contribution >= 0.6 is 0 Å². The molecule has 2 heterocycles.